The van der Waals surface area contributed by atoms with Crippen LogP contribution >= 0.6 is 28.3 Å². The van der Waals surface area contributed by atoms with Gasteiger partial charge in [0.25, 0.3) is 0 Å². The third kappa shape index (κ3) is 2.60. The molecule has 1 aromatic carbocycles. The zero-order valence-corrected chi connectivity index (χ0v) is 12.9. The van der Waals surface area contributed by atoms with Gasteiger partial charge in [-0.3, -0.25) is 0 Å². The highest BCUT2D eigenvalue weighted by atomic mass is 79.9. The number of rotatable bonds is 1. The van der Waals surface area contributed by atoms with E-state index in [4.69, 9.17) is 0 Å². The van der Waals surface area contributed by atoms with Crippen LogP contribution in [0.15, 0.2) is 23.6 Å². The van der Waals surface area contributed by atoms with E-state index < -0.39 is 0 Å². The number of hydrogen-bond acceptors (Lipinski definition) is 2. The first-order valence-electron chi connectivity index (χ1n) is 6.09. The summed E-state index contributed by atoms with van der Waals surface area (Å²) in [6.07, 6.45) is 2.44. The normalized spacial score (nSPS) is 17.9. The molecule has 98 valence electrons. The van der Waals surface area contributed by atoms with Crippen LogP contribution in [0.2, 0.25) is 0 Å². The van der Waals surface area contributed by atoms with Gasteiger partial charge in [-0.05, 0) is 67.4 Å². The van der Waals surface area contributed by atoms with E-state index in [9.17, 15) is 4.39 Å². The van der Waals surface area contributed by atoms with Crippen LogP contribution < -0.4 is 0 Å². The van der Waals surface area contributed by atoms with E-state index in [0.717, 1.165) is 4.70 Å². The minimum atomic E-state index is -0.130. The Labute approximate surface area is 121 Å². The molecule has 1 nitrogen and oxygen atoms in total. The summed E-state index contributed by atoms with van der Waals surface area (Å²) in [6.45, 7) is 2.34. The summed E-state index contributed by atoms with van der Waals surface area (Å²) in [5.74, 6) is 0.527. The van der Waals surface area contributed by atoms with Gasteiger partial charge in [0.1, 0.15) is 5.82 Å². The maximum Gasteiger partial charge on any atom is 0.124 e. The van der Waals surface area contributed by atoms with Gasteiger partial charge in [0.2, 0.25) is 0 Å². The lowest BCUT2D eigenvalue weighted by Crippen LogP contribution is -2.29. The van der Waals surface area contributed by atoms with Crippen molar-refractivity contribution in [3.63, 3.8) is 0 Å². The van der Waals surface area contributed by atoms with Crippen molar-refractivity contribution in [2.24, 2.45) is 0 Å². The maximum absolute atomic E-state index is 13.1. The fourth-order valence-electron chi connectivity index (χ4n) is 2.66. The average Bonchev–Trinajstić information content (AvgIpc) is 2.73. The Hall–Kier alpha value is -0.450. The van der Waals surface area contributed by atoms with Crippen molar-refractivity contribution < 1.29 is 4.39 Å². The Balaban J connectivity index is 0.00000120. The zero-order chi connectivity index (χ0) is 11.8. The first-order valence-corrected chi connectivity index (χ1v) is 6.97. The Kier molecular flexibility index (Phi) is 4.41. The van der Waals surface area contributed by atoms with E-state index in [0.29, 0.717) is 5.92 Å². The van der Waals surface area contributed by atoms with E-state index in [1.54, 1.807) is 23.5 Å². The molecule has 4 heteroatoms. The topological polar surface area (TPSA) is 3.24 Å². The van der Waals surface area contributed by atoms with Gasteiger partial charge in [-0.15, -0.1) is 28.3 Å². The van der Waals surface area contributed by atoms with Crippen molar-refractivity contribution >= 4 is 38.4 Å². The van der Waals surface area contributed by atoms with Crippen LogP contribution in [0.3, 0.4) is 0 Å². The number of fused-ring (bicyclic) bond motifs is 1. The summed E-state index contributed by atoms with van der Waals surface area (Å²) in [5, 5.41) is 3.48. The zero-order valence-electron chi connectivity index (χ0n) is 10.4. The maximum atomic E-state index is 13.1. The summed E-state index contributed by atoms with van der Waals surface area (Å²) in [7, 11) is 2.18. The van der Waals surface area contributed by atoms with Gasteiger partial charge in [0, 0.05) is 4.70 Å². The van der Waals surface area contributed by atoms with Gasteiger partial charge in [0.15, 0.2) is 0 Å². The fraction of sp³-hybridized carbons (Fsp3) is 0.429. The van der Waals surface area contributed by atoms with Crippen molar-refractivity contribution in [2.75, 3.05) is 20.1 Å². The number of thiophene rings is 1. The lowest BCUT2D eigenvalue weighted by molar-refractivity contribution is 0.256. The van der Waals surface area contributed by atoms with Crippen LogP contribution in [-0.2, 0) is 0 Å². The second-order valence-corrected chi connectivity index (χ2v) is 5.82. The Morgan fingerprint density at radius 1 is 1.28 bits per heavy atom. The van der Waals surface area contributed by atoms with Crippen molar-refractivity contribution in [2.45, 2.75) is 18.8 Å². The molecule has 0 amide bonds. The van der Waals surface area contributed by atoms with Gasteiger partial charge < -0.3 is 4.90 Å². The van der Waals surface area contributed by atoms with Crippen molar-refractivity contribution in [3.05, 3.63) is 35.0 Å². The van der Waals surface area contributed by atoms with Crippen LogP contribution in [0, 0.1) is 5.82 Å². The molecule has 0 bridgehead atoms. The Morgan fingerprint density at radius 3 is 2.72 bits per heavy atom. The molecule has 0 atom stereocenters. The highest BCUT2D eigenvalue weighted by Gasteiger charge is 2.20. The van der Waals surface area contributed by atoms with E-state index in [1.165, 1.54) is 36.9 Å². The monoisotopic (exact) mass is 329 g/mol. The molecule has 1 aliphatic heterocycles. The molecule has 1 fully saturated rings. The summed E-state index contributed by atoms with van der Waals surface area (Å²) in [6, 6.07) is 5.17. The van der Waals surface area contributed by atoms with Gasteiger partial charge in [-0.2, -0.15) is 0 Å². The van der Waals surface area contributed by atoms with E-state index in [-0.39, 0.29) is 22.8 Å². The Bertz CT molecular complexity index is 532. The van der Waals surface area contributed by atoms with Gasteiger partial charge >= 0.3 is 0 Å². The summed E-state index contributed by atoms with van der Waals surface area (Å²) >= 11 is 1.67. The van der Waals surface area contributed by atoms with Crippen LogP contribution in [0.4, 0.5) is 4.39 Å². The van der Waals surface area contributed by atoms with Crippen LogP contribution in [0.5, 0.6) is 0 Å². The SMILES string of the molecule is Br.CN1CCC(c2csc3cc(F)ccc23)CC1. The molecule has 1 saturated heterocycles. The molecule has 2 heterocycles. The average molecular weight is 330 g/mol. The van der Waals surface area contributed by atoms with Crippen molar-refractivity contribution in [1.29, 1.82) is 0 Å². The van der Waals surface area contributed by atoms with Gasteiger partial charge in [-0.1, -0.05) is 6.07 Å². The molecule has 0 unspecified atom stereocenters. The number of likely N-dealkylation sites (tertiary alicyclic amines) is 1. The van der Waals surface area contributed by atoms with E-state index in [2.05, 4.69) is 17.3 Å². The molecular formula is C14H17BrFNS. The Morgan fingerprint density at radius 2 is 2.00 bits per heavy atom. The van der Waals surface area contributed by atoms with Crippen LogP contribution in [-0.4, -0.2) is 25.0 Å². The molecule has 0 saturated carbocycles. The predicted octanol–water partition coefficient (Wildman–Crippen LogP) is 4.43. The second-order valence-electron chi connectivity index (χ2n) is 4.91. The number of benzene rings is 1. The molecule has 18 heavy (non-hydrogen) atoms. The van der Waals surface area contributed by atoms with E-state index in [1.807, 2.05) is 6.07 Å². The fourth-order valence-corrected chi connectivity index (χ4v) is 3.73. The van der Waals surface area contributed by atoms with Crippen LogP contribution in [0.25, 0.3) is 10.1 Å². The minimum absolute atomic E-state index is 0. The molecule has 0 aliphatic carbocycles. The first kappa shape index (κ1) is 14.0. The van der Waals surface area contributed by atoms with Crippen molar-refractivity contribution in [1.82, 2.24) is 4.90 Å². The summed E-state index contributed by atoms with van der Waals surface area (Å²) in [5.41, 5.74) is 1.43. The highest BCUT2D eigenvalue weighted by molar-refractivity contribution is 8.93. The van der Waals surface area contributed by atoms with Crippen LogP contribution in [0.1, 0.15) is 24.3 Å². The number of halogens is 2. The number of hydrogen-bond donors (Lipinski definition) is 0. The smallest absolute Gasteiger partial charge is 0.124 e. The highest BCUT2D eigenvalue weighted by Crippen LogP contribution is 2.36. The predicted molar refractivity (Wildman–Crippen MR) is 81.6 cm³/mol. The second kappa shape index (κ2) is 5.68. The largest absolute Gasteiger partial charge is 0.306 e. The third-order valence-corrected chi connectivity index (χ3v) is 4.69. The third-order valence-electron chi connectivity index (χ3n) is 3.73. The van der Waals surface area contributed by atoms with Crippen molar-refractivity contribution in [3.8, 4) is 0 Å². The molecular weight excluding hydrogens is 313 g/mol. The molecule has 0 N–H and O–H groups in total. The van der Waals surface area contributed by atoms with Gasteiger partial charge in [0.05, 0.1) is 0 Å². The molecule has 0 spiro atoms. The first-order chi connectivity index (χ1) is 8.24. The molecule has 2 aromatic rings. The summed E-state index contributed by atoms with van der Waals surface area (Å²) in [4.78, 5) is 2.38. The number of nitrogens with zero attached hydrogens (tertiary/aromatic N) is 1. The molecule has 1 aliphatic rings. The lowest BCUT2D eigenvalue weighted by Gasteiger charge is -2.28. The lowest BCUT2D eigenvalue weighted by atomic mass is 9.89. The standard InChI is InChI=1S/C14H16FNS.BrH/c1-16-6-4-10(5-7-16)13-9-17-14-8-11(15)2-3-12(13)14;/h2-3,8-10H,4-7H2,1H3;1H. The summed E-state index contributed by atoms with van der Waals surface area (Å²) < 4.78 is 14.2. The molecule has 1 aromatic heterocycles. The molecule has 3 rings (SSSR count). The van der Waals surface area contributed by atoms with E-state index >= 15 is 0 Å². The number of piperidine rings is 1. The quantitative estimate of drug-likeness (QED) is 0.748. The minimum Gasteiger partial charge on any atom is -0.306 e. The molecule has 0 radical (unpaired) electrons. The van der Waals surface area contributed by atoms with Gasteiger partial charge in [-0.25, -0.2) is 4.39 Å².